The molecule has 2 rings (SSSR count). The van der Waals surface area contributed by atoms with E-state index in [4.69, 9.17) is 5.73 Å². The van der Waals surface area contributed by atoms with E-state index >= 15 is 0 Å². The fourth-order valence-corrected chi connectivity index (χ4v) is 2.52. The molecule has 84 valence electrons. The molecule has 0 saturated carbocycles. The van der Waals surface area contributed by atoms with Crippen molar-refractivity contribution in [3.05, 3.63) is 17.0 Å². The third-order valence-corrected chi connectivity index (χ3v) is 3.47. The molecule has 3 nitrogen and oxygen atoms in total. The molecule has 0 atom stereocenters. The van der Waals surface area contributed by atoms with Gasteiger partial charge in [-0.1, -0.05) is 13.8 Å². The second-order valence-corrected chi connectivity index (χ2v) is 5.16. The lowest BCUT2D eigenvalue weighted by Crippen LogP contribution is -2.24. The number of aromatic amines is 1. The van der Waals surface area contributed by atoms with E-state index in [1.807, 2.05) is 0 Å². The Morgan fingerprint density at radius 3 is 2.80 bits per heavy atom. The Bertz CT molecular complexity index is 339. The largest absolute Gasteiger partial charge is 0.330 e. The molecule has 3 N–H and O–H groups in total. The van der Waals surface area contributed by atoms with Gasteiger partial charge in [-0.05, 0) is 44.2 Å². The Morgan fingerprint density at radius 1 is 1.33 bits per heavy atom. The Hall–Kier alpha value is -0.830. The average Bonchev–Trinajstić information content (AvgIpc) is 2.61. The topological polar surface area (TPSA) is 54.7 Å². The van der Waals surface area contributed by atoms with E-state index in [2.05, 4.69) is 24.0 Å². The minimum atomic E-state index is 0.121. The number of nitrogens with zero attached hydrogens (tertiary/aromatic N) is 1. The minimum absolute atomic E-state index is 0.121. The molecular formula is C12H21N3. The maximum atomic E-state index is 5.66. The summed E-state index contributed by atoms with van der Waals surface area (Å²) in [4.78, 5) is 0. The van der Waals surface area contributed by atoms with Gasteiger partial charge in [0.25, 0.3) is 0 Å². The van der Waals surface area contributed by atoms with Crippen molar-refractivity contribution in [3.8, 4) is 0 Å². The van der Waals surface area contributed by atoms with Crippen LogP contribution < -0.4 is 5.73 Å². The van der Waals surface area contributed by atoms with Gasteiger partial charge < -0.3 is 5.73 Å². The summed E-state index contributed by atoms with van der Waals surface area (Å²) >= 11 is 0. The molecule has 0 spiro atoms. The first-order valence-corrected chi connectivity index (χ1v) is 5.92. The molecular weight excluding hydrogens is 186 g/mol. The Kier molecular flexibility index (Phi) is 2.83. The maximum absolute atomic E-state index is 5.66. The summed E-state index contributed by atoms with van der Waals surface area (Å²) in [6.07, 6.45) is 5.96. The Balaban J connectivity index is 2.32. The van der Waals surface area contributed by atoms with Gasteiger partial charge in [0.1, 0.15) is 0 Å². The molecule has 0 radical (unpaired) electrons. The summed E-state index contributed by atoms with van der Waals surface area (Å²) < 4.78 is 0. The third kappa shape index (κ3) is 1.93. The first-order valence-electron chi connectivity index (χ1n) is 5.92. The summed E-state index contributed by atoms with van der Waals surface area (Å²) in [6.45, 7) is 5.21. The molecule has 1 aliphatic rings. The molecule has 1 aromatic heterocycles. The van der Waals surface area contributed by atoms with Crippen molar-refractivity contribution in [1.29, 1.82) is 0 Å². The average molecular weight is 207 g/mol. The van der Waals surface area contributed by atoms with Crippen LogP contribution in [-0.4, -0.2) is 16.7 Å². The number of H-pyrrole nitrogens is 1. The predicted octanol–water partition coefficient (Wildman–Crippen LogP) is 1.91. The summed E-state index contributed by atoms with van der Waals surface area (Å²) in [6, 6.07) is 0. The molecule has 0 aliphatic heterocycles. The number of hydrogen-bond acceptors (Lipinski definition) is 2. The lowest BCUT2D eigenvalue weighted by atomic mass is 9.80. The SMILES string of the molecule is CC(C)(CCN)c1n[nH]c2c1CCCC2. The standard InChI is InChI=1S/C12H21N3/c1-12(2,7-8-13)11-9-5-3-4-6-10(9)14-15-11/h3-8,13H2,1-2H3,(H,14,15). The number of nitrogens with two attached hydrogens (primary N) is 1. The first-order chi connectivity index (χ1) is 7.15. The normalized spacial score (nSPS) is 16.5. The molecule has 0 saturated heterocycles. The zero-order valence-corrected chi connectivity index (χ0v) is 9.77. The van der Waals surface area contributed by atoms with Crippen LogP contribution in [0.15, 0.2) is 0 Å². The number of rotatable bonds is 3. The third-order valence-electron chi connectivity index (χ3n) is 3.47. The van der Waals surface area contributed by atoms with Crippen LogP contribution >= 0.6 is 0 Å². The van der Waals surface area contributed by atoms with Crippen LogP contribution in [0.2, 0.25) is 0 Å². The zero-order valence-electron chi connectivity index (χ0n) is 9.77. The van der Waals surface area contributed by atoms with Gasteiger partial charge in [-0.15, -0.1) is 0 Å². The van der Waals surface area contributed by atoms with Crippen molar-refractivity contribution in [3.63, 3.8) is 0 Å². The lowest BCUT2D eigenvalue weighted by molar-refractivity contribution is 0.466. The quantitative estimate of drug-likeness (QED) is 0.795. The Labute approximate surface area is 91.4 Å². The van der Waals surface area contributed by atoms with Gasteiger partial charge in [0.05, 0.1) is 5.69 Å². The second-order valence-electron chi connectivity index (χ2n) is 5.16. The molecule has 0 fully saturated rings. The highest BCUT2D eigenvalue weighted by Gasteiger charge is 2.28. The van der Waals surface area contributed by atoms with Gasteiger partial charge in [-0.3, -0.25) is 5.10 Å². The van der Waals surface area contributed by atoms with Crippen LogP contribution in [0.25, 0.3) is 0 Å². The van der Waals surface area contributed by atoms with Crippen molar-refractivity contribution in [2.24, 2.45) is 5.73 Å². The molecule has 3 heteroatoms. The van der Waals surface area contributed by atoms with Gasteiger partial charge in [-0.2, -0.15) is 5.10 Å². The molecule has 1 aliphatic carbocycles. The fourth-order valence-electron chi connectivity index (χ4n) is 2.52. The fraction of sp³-hybridized carbons (Fsp3) is 0.750. The zero-order chi connectivity index (χ0) is 10.9. The summed E-state index contributed by atoms with van der Waals surface area (Å²) in [5.74, 6) is 0. The first kappa shape index (κ1) is 10.7. The summed E-state index contributed by atoms with van der Waals surface area (Å²) in [5, 5.41) is 7.71. The van der Waals surface area contributed by atoms with E-state index < -0.39 is 0 Å². The summed E-state index contributed by atoms with van der Waals surface area (Å²) in [5.41, 5.74) is 9.87. The smallest absolute Gasteiger partial charge is 0.0713 e. The molecule has 0 bridgehead atoms. The number of hydrogen-bond donors (Lipinski definition) is 2. The van der Waals surface area contributed by atoms with Gasteiger partial charge in [-0.25, -0.2) is 0 Å². The highest BCUT2D eigenvalue weighted by Crippen LogP contribution is 2.32. The van der Waals surface area contributed by atoms with E-state index in [1.165, 1.54) is 42.6 Å². The van der Waals surface area contributed by atoms with Crippen LogP contribution in [0.1, 0.15) is 50.1 Å². The minimum Gasteiger partial charge on any atom is -0.330 e. The predicted molar refractivity (Wildman–Crippen MR) is 61.9 cm³/mol. The van der Waals surface area contributed by atoms with E-state index in [1.54, 1.807) is 0 Å². The van der Waals surface area contributed by atoms with Crippen molar-refractivity contribution in [2.75, 3.05) is 6.54 Å². The molecule has 0 amide bonds. The van der Waals surface area contributed by atoms with Crippen molar-refractivity contribution >= 4 is 0 Å². The van der Waals surface area contributed by atoms with E-state index in [9.17, 15) is 0 Å². The monoisotopic (exact) mass is 207 g/mol. The van der Waals surface area contributed by atoms with Gasteiger partial charge in [0.2, 0.25) is 0 Å². The molecule has 1 heterocycles. The van der Waals surface area contributed by atoms with E-state index in [-0.39, 0.29) is 5.41 Å². The van der Waals surface area contributed by atoms with Gasteiger partial charge in [0, 0.05) is 11.1 Å². The van der Waals surface area contributed by atoms with Gasteiger partial charge in [0.15, 0.2) is 0 Å². The number of nitrogens with one attached hydrogen (secondary N) is 1. The van der Waals surface area contributed by atoms with Crippen molar-refractivity contribution in [2.45, 2.75) is 51.4 Å². The molecule has 0 unspecified atom stereocenters. The maximum Gasteiger partial charge on any atom is 0.0713 e. The van der Waals surface area contributed by atoms with Crippen LogP contribution in [0.3, 0.4) is 0 Å². The van der Waals surface area contributed by atoms with Crippen LogP contribution in [0, 0.1) is 0 Å². The highest BCUT2D eigenvalue weighted by atomic mass is 15.1. The number of aryl methyl sites for hydroxylation is 1. The molecule has 0 aromatic carbocycles. The highest BCUT2D eigenvalue weighted by molar-refractivity contribution is 5.32. The number of fused-ring (bicyclic) bond motifs is 1. The Morgan fingerprint density at radius 2 is 2.07 bits per heavy atom. The van der Waals surface area contributed by atoms with E-state index in [0.717, 1.165) is 13.0 Å². The van der Waals surface area contributed by atoms with Crippen LogP contribution in [0.5, 0.6) is 0 Å². The van der Waals surface area contributed by atoms with Crippen LogP contribution in [0.4, 0.5) is 0 Å². The van der Waals surface area contributed by atoms with E-state index in [0.29, 0.717) is 0 Å². The van der Waals surface area contributed by atoms with Crippen molar-refractivity contribution < 1.29 is 0 Å². The van der Waals surface area contributed by atoms with Crippen molar-refractivity contribution in [1.82, 2.24) is 10.2 Å². The van der Waals surface area contributed by atoms with Crippen LogP contribution in [-0.2, 0) is 18.3 Å². The van der Waals surface area contributed by atoms with Gasteiger partial charge >= 0.3 is 0 Å². The summed E-state index contributed by atoms with van der Waals surface area (Å²) in [7, 11) is 0. The molecule has 15 heavy (non-hydrogen) atoms. The molecule has 1 aromatic rings. The number of aromatic nitrogens is 2. The second kappa shape index (κ2) is 3.97. The lowest BCUT2D eigenvalue weighted by Gasteiger charge is -2.24.